The Bertz CT molecular complexity index is 887. The molecule has 0 saturated carbocycles. The van der Waals surface area contributed by atoms with Crippen LogP contribution >= 0.6 is 0 Å². The van der Waals surface area contributed by atoms with Crippen molar-refractivity contribution in [2.75, 3.05) is 13.1 Å². The first kappa shape index (κ1) is 18.6. The molecule has 1 amide bonds. The zero-order chi connectivity index (χ0) is 18.7. The van der Waals surface area contributed by atoms with Gasteiger partial charge in [-0.3, -0.25) is 4.79 Å². The van der Waals surface area contributed by atoms with E-state index in [1.54, 1.807) is 30.0 Å². The highest BCUT2D eigenvalue weighted by Crippen LogP contribution is 2.20. The van der Waals surface area contributed by atoms with Gasteiger partial charge in [-0.1, -0.05) is 30.3 Å². The Labute approximate surface area is 155 Å². The van der Waals surface area contributed by atoms with Gasteiger partial charge in [0.15, 0.2) is 0 Å². The molecule has 0 radical (unpaired) electrons. The maximum absolute atomic E-state index is 12.7. The van der Waals surface area contributed by atoms with Crippen molar-refractivity contribution in [3.8, 4) is 0 Å². The average Bonchev–Trinajstić information content (AvgIpc) is 2.64. The molecular formula is C20H24N2O3S. The van der Waals surface area contributed by atoms with Crippen LogP contribution in [0.15, 0.2) is 53.4 Å². The van der Waals surface area contributed by atoms with Crippen LogP contribution in [0.5, 0.6) is 0 Å². The van der Waals surface area contributed by atoms with Gasteiger partial charge in [0.2, 0.25) is 10.0 Å². The van der Waals surface area contributed by atoms with Gasteiger partial charge >= 0.3 is 0 Å². The third kappa shape index (κ3) is 4.14. The number of carbonyl (C=O) groups excluding carboxylic acids is 1. The number of aryl methyl sites for hydroxylation is 2. The van der Waals surface area contributed by atoms with E-state index < -0.39 is 10.0 Å². The number of amides is 1. The Balaban J connectivity index is 1.63. The molecule has 1 aliphatic rings. The second-order valence-electron chi connectivity index (χ2n) is 6.82. The van der Waals surface area contributed by atoms with Crippen molar-refractivity contribution >= 4 is 15.9 Å². The molecule has 5 nitrogen and oxygen atoms in total. The van der Waals surface area contributed by atoms with Crippen LogP contribution in [0, 0.1) is 13.8 Å². The lowest BCUT2D eigenvalue weighted by atomic mass is 10.0. The van der Waals surface area contributed by atoms with Crippen molar-refractivity contribution in [2.24, 2.45) is 0 Å². The van der Waals surface area contributed by atoms with Crippen molar-refractivity contribution < 1.29 is 13.2 Å². The smallest absolute Gasteiger partial charge is 0.253 e. The fourth-order valence-corrected chi connectivity index (χ4v) is 4.88. The molecule has 0 aromatic heterocycles. The highest BCUT2D eigenvalue weighted by atomic mass is 32.2. The Hall–Kier alpha value is -2.18. The number of nitrogens with one attached hydrogen (secondary N) is 1. The van der Waals surface area contributed by atoms with Gasteiger partial charge in [0.1, 0.15) is 0 Å². The zero-order valence-corrected chi connectivity index (χ0v) is 15.9. The van der Waals surface area contributed by atoms with Gasteiger partial charge < -0.3 is 4.90 Å². The van der Waals surface area contributed by atoms with Crippen LogP contribution in [-0.2, 0) is 10.0 Å². The monoisotopic (exact) mass is 372 g/mol. The molecule has 26 heavy (non-hydrogen) atoms. The Kier molecular flexibility index (Phi) is 5.44. The lowest BCUT2D eigenvalue weighted by Crippen LogP contribution is -2.46. The highest BCUT2D eigenvalue weighted by molar-refractivity contribution is 7.89. The van der Waals surface area contributed by atoms with Crippen LogP contribution in [0.25, 0.3) is 0 Å². The van der Waals surface area contributed by atoms with E-state index in [0.29, 0.717) is 36.4 Å². The van der Waals surface area contributed by atoms with E-state index in [1.165, 1.54) is 0 Å². The van der Waals surface area contributed by atoms with Gasteiger partial charge in [-0.05, 0) is 56.0 Å². The second-order valence-corrected chi connectivity index (χ2v) is 8.51. The van der Waals surface area contributed by atoms with Crippen LogP contribution in [-0.4, -0.2) is 38.4 Å². The summed E-state index contributed by atoms with van der Waals surface area (Å²) in [6.07, 6.45) is 1.23. The minimum atomic E-state index is -3.56. The summed E-state index contributed by atoms with van der Waals surface area (Å²) < 4.78 is 28.3. The van der Waals surface area contributed by atoms with Crippen molar-refractivity contribution in [3.63, 3.8) is 0 Å². The molecule has 2 aromatic carbocycles. The van der Waals surface area contributed by atoms with E-state index in [9.17, 15) is 13.2 Å². The molecule has 1 fully saturated rings. The third-order valence-corrected chi connectivity index (χ3v) is 6.42. The molecule has 138 valence electrons. The molecule has 6 heteroatoms. The number of nitrogens with zero attached hydrogens (tertiary/aromatic N) is 1. The van der Waals surface area contributed by atoms with Crippen molar-refractivity contribution in [1.29, 1.82) is 0 Å². The minimum Gasteiger partial charge on any atom is -0.339 e. The first-order valence-corrected chi connectivity index (χ1v) is 10.3. The van der Waals surface area contributed by atoms with E-state index in [2.05, 4.69) is 4.72 Å². The molecule has 0 bridgehead atoms. The normalized spacial score (nSPS) is 15.8. The number of sulfonamides is 1. The Morgan fingerprint density at radius 1 is 1.04 bits per heavy atom. The molecule has 3 rings (SSSR count). The maximum atomic E-state index is 12.7. The van der Waals surface area contributed by atoms with Gasteiger partial charge in [0.25, 0.3) is 5.91 Å². The summed E-state index contributed by atoms with van der Waals surface area (Å²) in [6, 6.07) is 14.5. The van der Waals surface area contributed by atoms with Gasteiger partial charge in [-0.15, -0.1) is 0 Å². The van der Waals surface area contributed by atoms with Crippen LogP contribution in [0.3, 0.4) is 0 Å². The summed E-state index contributed by atoms with van der Waals surface area (Å²) in [5.41, 5.74) is 2.32. The van der Waals surface area contributed by atoms with Crippen LogP contribution in [0.4, 0.5) is 0 Å². The van der Waals surface area contributed by atoms with E-state index >= 15 is 0 Å². The first-order chi connectivity index (χ1) is 12.4. The summed E-state index contributed by atoms with van der Waals surface area (Å²) in [4.78, 5) is 14.6. The maximum Gasteiger partial charge on any atom is 0.253 e. The second kappa shape index (κ2) is 7.60. The summed E-state index contributed by atoms with van der Waals surface area (Å²) >= 11 is 0. The molecule has 0 aliphatic carbocycles. The van der Waals surface area contributed by atoms with E-state index in [1.807, 2.05) is 37.3 Å². The van der Waals surface area contributed by atoms with Crippen molar-refractivity contribution in [2.45, 2.75) is 37.6 Å². The number of likely N-dealkylation sites (tertiary alicyclic amines) is 1. The molecule has 0 spiro atoms. The van der Waals surface area contributed by atoms with E-state index in [0.717, 1.165) is 11.1 Å². The fourth-order valence-electron chi connectivity index (χ4n) is 3.24. The van der Waals surface area contributed by atoms with E-state index in [-0.39, 0.29) is 11.9 Å². The molecule has 1 saturated heterocycles. The molecule has 1 N–H and O–H groups in total. The number of rotatable bonds is 4. The van der Waals surface area contributed by atoms with Gasteiger partial charge in [0.05, 0.1) is 4.90 Å². The number of piperidine rings is 1. The van der Waals surface area contributed by atoms with Gasteiger partial charge in [-0.2, -0.15) is 0 Å². The number of hydrogen-bond donors (Lipinski definition) is 1. The fraction of sp³-hybridized carbons (Fsp3) is 0.350. The molecule has 0 unspecified atom stereocenters. The summed E-state index contributed by atoms with van der Waals surface area (Å²) in [5, 5.41) is 0. The Morgan fingerprint density at radius 2 is 1.69 bits per heavy atom. The Morgan fingerprint density at radius 3 is 2.35 bits per heavy atom. The molecule has 2 aromatic rings. The zero-order valence-electron chi connectivity index (χ0n) is 15.1. The third-order valence-electron chi connectivity index (χ3n) is 4.76. The lowest BCUT2D eigenvalue weighted by Gasteiger charge is -2.32. The van der Waals surface area contributed by atoms with Crippen molar-refractivity contribution in [3.05, 3.63) is 65.2 Å². The number of carbonyl (C=O) groups is 1. The number of benzene rings is 2. The van der Waals surface area contributed by atoms with Gasteiger partial charge in [-0.25, -0.2) is 13.1 Å². The van der Waals surface area contributed by atoms with E-state index in [4.69, 9.17) is 0 Å². The van der Waals surface area contributed by atoms with Crippen LogP contribution in [0.2, 0.25) is 0 Å². The largest absolute Gasteiger partial charge is 0.339 e. The summed E-state index contributed by atoms with van der Waals surface area (Å²) in [6.45, 7) is 4.78. The molecule has 1 aliphatic heterocycles. The molecule has 1 heterocycles. The van der Waals surface area contributed by atoms with Crippen LogP contribution < -0.4 is 4.72 Å². The lowest BCUT2D eigenvalue weighted by molar-refractivity contribution is 0.0711. The van der Waals surface area contributed by atoms with Crippen LogP contribution in [0.1, 0.15) is 34.3 Å². The first-order valence-electron chi connectivity index (χ1n) is 8.81. The summed E-state index contributed by atoms with van der Waals surface area (Å²) in [7, 11) is -3.56. The van der Waals surface area contributed by atoms with Gasteiger partial charge in [0, 0.05) is 24.7 Å². The minimum absolute atomic E-state index is 0.00133. The SMILES string of the molecule is Cc1ccc(C)c(S(=O)(=O)NC2CCN(C(=O)c3ccccc3)CC2)c1. The molecule has 0 atom stereocenters. The molecular weight excluding hydrogens is 348 g/mol. The quantitative estimate of drug-likeness (QED) is 0.897. The van der Waals surface area contributed by atoms with Crippen molar-refractivity contribution in [1.82, 2.24) is 9.62 Å². The highest BCUT2D eigenvalue weighted by Gasteiger charge is 2.27. The average molecular weight is 372 g/mol. The number of hydrogen-bond acceptors (Lipinski definition) is 3. The topological polar surface area (TPSA) is 66.5 Å². The summed E-state index contributed by atoms with van der Waals surface area (Å²) in [5.74, 6) is 0.00133. The predicted molar refractivity (Wildman–Crippen MR) is 102 cm³/mol. The predicted octanol–water partition coefficient (Wildman–Crippen LogP) is 2.89. The standard InChI is InChI=1S/C20H24N2O3S/c1-15-8-9-16(2)19(14-15)26(24,25)21-18-10-12-22(13-11-18)20(23)17-6-4-3-5-7-17/h3-9,14,18,21H,10-13H2,1-2H3.